The van der Waals surface area contributed by atoms with Gasteiger partial charge in [-0.25, -0.2) is 13.2 Å². The monoisotopic (exact) mass is 543 g/mol. The van der Waals surface area contributed by atoms with Crippen LogP contribution in [0.2, 0.25) is 0 Å². The zero-order valence-corrected chi connectivity index (χ0v) is 23.8. The standard InChI is InChI=1S/C29H37NO7S/c1-7-9-11-25-26(27(31)20-12-15-22(16-13-20)35-18-10-8-2)23-19-21(14-17-24(23)36-25)30(38(6,33)34)28(32)37-29(3,4)5/h12-17,19H,7-11,18H2,1-6H3. The summed E-state index contributed by atoms with van der Waals surface area (Å²) in [4.78, 5) is 26.6. The van der Waals surface area contributed by atoms with Gasteiger partial charge in [-0.15, -0.1) is 0 Å². The quantitative estimate of drug-likeness (QED) is 0.192. The number of hydrogen-bond acceptors (Lipinski definition) is 7. The van der Waals surface area contributed by atoms with Crippen molar-refractivity contribution >= 4 is 38.6 Å². The van der Waals surface area contributed by atoms with Crippen molar-refractivity contribution in [2.24, 2.45) is 0 Å². The van der Waals surface area contributed by atoms with E-state index >= 15 is 0 Å². The number of ether oxygens (including phenoxy) is 2. The van der Waals surface area contributed by atoms with Gasteiger partial charge in [0, 0.05) is 17.4 Å². The number of benzene rings is 2. The fourth-order valence-electron chi connectivity index (χ4n) is 3.94. The maximum atomic E-state index is 13.8. The van der Waals surface area contributed by atoms with Gasteiger partial charge in [0.25, 0.3) is 0 Å². The summed E-state index contributed by atoms with van der Waals surface area (Å²) in [5, 5.41) is 0.430. The van der Waals surface area contributed by atoms with E-state index in [2.05, 4.69) is 6.92 Å². The molecule has 0 atom stereocenters. The number of unbranched alkanes of at least 4 members (excludes halogenated alkanes) is 2. The van der Waals surface area contributed by atoms with Crippen LogP contribution in [0.5, 0.6) is 5.75 Å². The molecule has 0 saturated carbocycles. The fourth-order valence-corrected chi connectivity index (χ4v) is 4.75. The average molecular weight is 544 g/mol. The summed E-state index contributed by atoms with van der Waals surface area (Å²) in [6.07, 6.45) is 4.13. The Morgan fingerprint density at radius 1 is 0.974 bits per heavy atom. The van der Waals surface area contributed by atoms with Gasteiger partial charge in [0.2, 0.25) is 10.0 Å². The Balaban J connectivity index is 2.09. The first-order valence-corrected chi connectivity index (χ1v) is 14.8. The van der Waals surface area contributed by atoms with E-state index in [1.807, 2.05) is 6.92 Å². The molecule has 0 saturated heterocycles. The molecule has 0 aliphatic heterocycles. The van der Waals surface area contributed by atoms with Crippen LogP contribution in [0.4, 0.5) is 10.5 Å². The van der Waals surface area contributed by atoms with Crippen molar-refractivity contribution in [2.75, 3.05) is 17.2 Å². The summed E-state index contributed by atoms with van der Waals surface area (Å²) in [7, 11) is -4.04. The van der Waals surface area contributed by atoms with Crippen molar-refractivity contribution < 1.29 is 31.9 Å². The maximum Gasteiger partial charge on any atom is 0.428 e. The summed E-state index contributed by atoms with van der Waals surface area (Å²) in [6, 6.07) is 11.5. The topological polar surface area (TPSA) is 103 Å². The third-order valence-corrected chi connectivity index (χ3v) is 6.76. The second-order valence-corrected chi connectivity index (χ2v) is 12.1. The summed E-state index contributed by atoms with van der Waals surface area (Å²) in [5.74, 6) is 0.951. The number of carbonyl (C=O) groups excluding carboxylic acids is 2. The minimum atomic E-state index is -4.04. The molecule has 0 fully saturated rings. The number of nitrogens with zero attached hydrogens (tertiary/aromatic N) is 1. The van der Waals surface area contributed by atoms with Gasteiger partial charge >= 0.3 is 6.09 Å². The highest BCUT2D eigenvalue weighted by Gasteiger charge is 2.32. The van der Waals surface area contributed by atoms with E-state index in [0.29, 0.717) is 50.9 Å². The normalized spacial score (nSPS) is 11.9. The lowest BCUT2D eigenvalue weighted by Gasteiger charge is -2.25. The second kappa shape index (κ2) is 12.0. The summed E-state index contributed by atoms with van der Waals surface area (Å²) < 4.78 is 43.0. The smallest absolute Gasteiger partial charge is 0.428 e. The van der Waals surface area contributed by atoms with Crippen molar-refractivity contribution in [1.29, 1.82) is 0 Å². The van der Waals surface area contributed by atoms with Crippen molar-refractivity contribution in [3.63, 3.8) is 0 Å². The number of ketones is 1. The maximum absolute atomic E-state index is 13.8. The molecule has 0 radical (unpaired) electrons. The molecular weight excluding hydrogens is 506 g/mol. The fraction of sp³-hybridized carbons (Fsp3) is 0.448. The lowest BCUT2D eigenvalue weighted by atomic mass is 9.98. The van der Waals surface area contributed by atoms with Crippen LogP contribution >= 0.6 is 0 Å². The first kappa shape index (κ1) is 29.2. The molecule has 0 aliphatic rings. The predicted octanol–water partition coefficient (Wildman–Crippen LogP) is 6.89. The molecule has 1 heterocycles. The Morgan fingerprint density at radius 3 is 2.21 bits per heavy atom. The molecule has 0 bridgehead atoms. The second-order valence-electron chi connectivity index (χ2n) is 10.2. The van der Waals surface area contributed by atoms with E-state index in [1.54, 1.807) is 51.1 Å². The van der Waals surface area contributed by atoms with Crippen LogP contribution in [0.1, 0.15) is 82.0 Å². The number of anilines is 1. The summed E-state index contributed by atoms with van der Waals surface area (Å²) >= 11 is 0. The number of furan rings is 1. The zero-order valence-electron chi connectivity index (χ0n) is 23.0. The van der Waals surface area contributed by atoms with Crippen molar-refractivity contribution in [3.05, 3.63) is 59.4 Å². The van der Waals surface area contributed by atoms with E-state index < -0.39 is 21.7 Å². The molecule has 3 aromatic rings. The molecule has 3 rings (SSSR count). The first-order valence-electron chi connectivity index (χ1n) is 12.9. The van der Waals surface area contributed by atoms with Gasteiger partial charge < -0.3 is 13.9 Å². The number of carbonyl (C=O) groups is 2. The summed E-state index contributed by atoms with van der Waals surface area (Å²) in [5.41, 5.74) is 0.394. The predicted molar refractivity (Wildman–Crippen MR) is 149 cm³/mol. The third kappa shape index (κ3) is 7.16. The highest BCUT2D eigenvalue weighted by molar-refractivity contribution is 7.92. The van der Waals surface area contributed by atoms with Gasteiger partial charge in [0.1, 0.15) is 22.7 Å². The van der Waals surface area contributed by atoms with Gasteiger partial charge in [-0.05, 0) is 76.1 Å². The molecule has 0 spiro atoms. The Hall–Kier alpha value is -3.33. The lowest BCUT2D eigenvalue weighted by molar-refractivity contribution is 0.0609. The van der Waals surface area contributed by atoms with Gasteiger partial charge in [0.15, 0.2) is 5.78 Å². The van der Waals surface area contributed by atoms with Crippen molar-refractivity contribution in [3.8, 4) is 5.75 Å². The van der Waals surface area contributed by atoms with Crippen LogP contribution in [0.15, 0.2) is 46.9 Å². The molecule has 0 N–H and O–H groups in total. The minimum absolute atomic E-state index is 0.0609. The molecule has 206 valence electrons. The molecule has 9 heteroatoms. The Morgan fingerprint density at radius 2 is 1.63 bits per heavy atom. The number of aryl methyl sites for hydroxylation is 1. The van der Waals surface area contributed by atoms with E-state index in [-0.39, 0.29) is 11.5 Å². The van der Waals surface area contributed by atoms with Crippen LogP contribution in [-0.2, 0) is 21.2 Å². The molecule has 2 aromatic carbocycles. The zero-order chi connectivity index (χ0) is 28.1. The minimum Gasteiger partial charge on any atom is -0.494 e. The highest BCUT2D eigenvalue weighted by Crippen LogP contribution is 2.34. The van der Waals surface area contributed by atoms with Crippen LogP contribution < -0.4 is 9.04 Å². The molecular formula is C29H37NO7S. The number of amides is 1. The molecule has 8 nitrogen and oxygen atoms in total. The Bertz CT molecular complexity index is 1380. The molecule has 1 amide bonds. The average Bonchev–Trinajstić information content (AvgIpc) is 3.18. The first-order chi connectivity index (χ1) is 17.9. The van der Waals surface area contributed by atoms with Crippen LogP contribution in [0, 0.1) is 0 Å². The molecule has 0 aliphatic carbocycles. The van der Waals surface area contributed by atoms with Gasteiger partial charge in [-0.2, -0.15) is 4.31 Å². The number of hydrogen-bond donors (Lipinski definition) is 0. The van der Waals surface area contributed by atoms with E-state index in [9.17, 15) is 18.0 Å². The van der Waals surface area contributed by atoms with Gasteiger partial charge in [-0.3, -0.25) is 4.79 Å². The summed E-state index contributed by atoms with van der Waals surface area (Å²) in [6.45, 7) is 9.70. The number of sulfonamides is 1. The van der Waals surface area contributed by atoms with E-state index in [4.69, 9.17) is 13.9 Å². The Kier molecular flexibility index (Phi) is 9.25. The lowest BCUT2D eigenvalue weighted by Crippen LogP contribution is -2.40. The number of rotatable bonds is 11. The highest BCUT2D eigenvalue weighted by atomic mass is 32.2. The molecule has 1 aromatic heterocycles. The van der Waals surface area contributed by atoms with E-state index in [0.717, 1.165) is 31.9 Å². The SMILES string of the molecule is CCCCOc1ccc(C(=O)c2c(CCCC)oc3ccc(N(C(=O)OC(C)(C)C)S(C)(=O)=O)cc23)cc1. The third-order valence-electron chi connectivity index (χ3n) is 5.74. The molecule has 0 unspecified atom stereocenters. The Labute approximate surface area is 225 Å². The van der Waals surface area contributed by atoms with E-state index in [1.165, 1.54) is 12.1 Å². The van der Waals surface area contributed by atoms with Crippen LogP contribution in [-0.4, -0.2) is 38.8 Å². The van der Waals surface area contributed by atoms with Crippen LogP contribution in [0.3, 0.4) is 0 Å². The van der Waals surface area contributed by atoms with Crippen LogP contribution in [0.25, 0.3) is 11.0 Å². The van der Waals surface area contributed by atoms with Crippen molar-refractivity contribution in [1.82, 2.24) is 0 Å². The van der Waals surface area contributed by atoms with Crippen molar-refractivity contribution in [2.45, 2.75) is 72.3 Å². The number of fused-ring (bicyclic) bond motifs is 1. The van der Waals surface area contributed by atoms with Gasteiger partial charge in [-0.1, -0.05) is 26.7 Å². The largest absolute Gasteiger partial charge is 0.494 e. The molecule has 38 heavy (non-hydrogen) atoms. The van der Waals surface area contributed by atoms with Gasteiger partial charge in [0.05, 0.1) is 24.1 Å².